The molecular formula is C26H29N5O8. The summed E-state index contributed by atoms with van der Waals surface area (Å²) in [6.45, 7) is 1.67. The number of amides is 4. The highest BCUT2D eigenvalue weighted by Crippen LogP contribution is 2.27. The molecule has 2 aromatic rings. The van der Waals surface area contributed by atoms with Crippen molar-refractivity contribution >= 4 is 35.3 Å². The van der Waals surface area contributed by atoms with Crippen molar-refractivity contribution in [3.05, 3.63) is 75.8 Å². The van der Waals surface area contributed by atoms with Crippen LogP contribution >= 0.6 is 0 Å². The molecule has 206 valence electrons. The number of nitrogens with one attached hydrogen (secondary N) is 3. The predicted octanol–water partition coefficient (Wildman–Crippen LogP) is 0.218. The Hall–Kier alpha value is -4.81. The van der Waals surface area contributed by atoms with Gasteiger partial charge in [-0.05, 0) is 18.1 Å². The summed E-state index contributed by atoms with van der Waals surface area (Å²) in [6, 6.07) is 10.8. The van der Waals surface area contributed by atoms with Gasteiger partial charge in [0.1, 0.15) is 18.1 Å². The Morgan fingerprint density at radius 1 is 1.03 bits per heavy atom. The van der Waals surface area contributed by atoms with E-state index >= 15 is 0 Å². The molecule has 1 aliphatic heterocycles. The Labute approximate surface area is 223 Å². The summed E-state index contributed by atoms with van der Waals surface area (Å²) in [5, 5.41) is 18.6. The summed E-state index contributed by atoms with van der Waals surface area (Å²) in [5.74, 6) is -4.48. The minimum Gasteiger partial charge on any atom is -0.466 e. The number of esters is 1. The molecule has 4 atom stereocenters. The fraction of sp³-hybridized carbons (Fsp3) is 0.346. The molecule has 1 fully saturated rings. The Balaban J connectivity index is 1.72. The van der Waals surface area contributed by atoms with E-state index in [4.69, 9.17) is 10.5 Å². The molecule has 13 nitrogen and oxygen atoms in total. The monoisotopic (exact) mass is 539 g/mol. The van der Waals surface area contributed by atoms with E-state index in [1.54, 1.807) is 6.92 Å². The van der Waals surface area contributed by atoms with Gasteiger partial charge in [0.05, 0.1) is 24.4 Å². The summed E-state index contributed by atoms with van der Waals surface area (Å²) in [7, 11) is 0. The van der Waals surface area contributed by atoms with Gasteiger partial charge < -0.3 is 26.4 Å². The van der Waals surface area contributed by atoms with E-state index in [-0.39, 0.29) is 25.1 Å². The second-order valence-corrected chi connectivity index (χ2v) is 8.93. The fourth-order valence-electron chi connectivity index (χ4n) is 4.27. The average Bonchev–Trinajstić information content (AvgIpc) is 2.89. The van der Waals surface area contributed by atoms with Crippen LogP contribution in [-0.4, -0.2) is 59.3 Å². The number of nitrogens with two attached hydrogens (primary N) is 1. The maximum atomic E-state index is 12.9. The standard InChI is InChI=1S/C26H29N5O8/c1-2-39-22(33)13-18(16-8-10-17(11-9-16)31(37)38)23(24(27)34)30-21(32)14-20-26(36)28-19(25(35)29-20)12-15-6-4-3-5-7-15/h3-11,18-20,23H,2,12-14H2,1H3,(H2,27,34)(H,28,36)(H,29,35)(H,30,32)/t18-,19-,20-,23+/m0/s1. The molecule has 1 saturated heterocycles. The van der Waals surface area contributed by atoms with Crippen molar-refractivity contribution in [2.45, 2.75) is 50.2 Å². The number of carbonyl (C=O) groups excluding carboxylic acids is 5. The highest BCUT2D eigenvalue weighted by molar-refractivity contribution is 5.99. The summed E-state index contributed by atoms with van der Waals surface area (Å²) in [5.41, 5.74) is 6.52. The summed E-state index contributed by atoms with van der Waals surface area (Å²) >= 11 is 0. The number of hydrogen-bond acceptors (Lipinski definition) is 8. The van der Waals surface area contributed by atoms with Crippen LogP contribution in [0.25, 0.3) is 0 Å². The van der Waals surface area contributed by atoms with Crippen molar-refractivity contribution in [1.82, 2.24) is 16.0 Å². The van der Waals surface area contributed by atoms with Gasteiger partial charge in [0, 0.05) is 24.5 Å². The summed E-state index contributed by atoms with van der Waals surface area (Å²) in [6.07, 6.45) is -0.584. The van der Waals surface area contributed by atoms with Crippen LogP contribution in [0.5, 0.6) is 0 Å². The van der Waals surface area contributed by atoms with Crippen LogP contribution in [0.2, 0.25) is 0 Å². The fourth-order valence-corrected chi connectivity index (χ4v) is 4.27. The number of primary amides is 1. The van der Waals surface area contributed by atoms with E-state index in [2.05, 4.69) is 16.0 Å². The molecule has 39 heavy (non-hydrogen) atoms. The molecule has 2 aromatic carbocycles. The number of carbonyl (C=O) groups is 5. The van der Waals surface area contributed by atoms with Gasteiger partial charge in [0.15, 0.2) is 0 Å². The van der Waals surface area contributed by atoms with Crippen LogP contribution in [0.15, 0.2) is 54.6 Å². The molecule has 5 N–H and O–H groups in total. The first-order chi connectivity index (χ1) is 18.6. The molecule has 0 saturated carbocycles. The third kappa shape index (κ3) is 7.84. The highest BCUT2D eigenvalue weighted by atomic mass is 16.6. The van der Waals surface area contributed by atoms with Gasteiger partial charge >= 0.3 is 5.97 Å². The van der Waals surface area contributed by atoms with Crippen molar-refractivity contribution in [1.29, 1.82) is 0 Å². The van der Waals surface area contributed by atoms with Crippen molar-refractivity contribution in [3.63, 3.8) is 0 Å². The van der Waals surface area contributed by atoms with Gasteiger partial charge in [-0.15, -0.1) is 0 Å². The minimum absolute atomic E-state index is 0.0706. The summed E-state index contributed by atoms with van der Waals surface area (Å²) < 4.78 is 4.98. The molecule has 0 unspecified atom stereocenters. The van der Waals surface area contributed by atoms with Gasteiger partial charge in [0.2, 0.25) is 23.6 Å². The molecule has 0 bridgehead atoms. The maximum Gasteiger partial charge on any atom is 0.306 e. The van der Waals surface area contributed by atoms with Gasteiger partial charge in [0.25, 0.3) is 5.69 Å². The molecule has 13 heteroatoms. The smallest absolute Gasteiger partial charge is 0.306 e. The van der Waals surface area contributed by atoms with Gasteiger partial charge in [-0.1, -0.05) is 42.5 Å². The number of benzene rings is 2. The van der Waals surface area contributed by atoms with Crippen molar-refractivity contribution in [2.75, 3.05) is 6.61 Å². The maximum absolute atomic E-state index is 12.9. The zero-order valence-corrected chi connectivity index (χ0v) is 21.1. The third-order valence-electron chi connectivity index (χ3n) is 6.19. The van der Waals surface area contributed by atoms with Gasteiger partial charge in [-0.3, -0.25) is 34.1 Å². The van der Waals surface area contributed by atoms with Crippen molar-refractivity contribution in [3.8, 4) is 0 Å². The van der Waals surface area contributed by atoms with E-state index in [1.807, 2.05) is 30.3 Å². The number of piperazine rings is 1. The zero-order valence-electron chi connectivity index (χ0n) is 21.1. The van der Waals surface area contributed by atoms with E-state index in [9.17, 15) is 34.1 Å². The molecule has 1 heterocycles. The summed E-state index contributed by atoms with van der Waals surface area (Å²) in [4.78, 5) is 73.2. The topological polar surface area (TPSA) is 200 Å². The number of rotatable bonds is 12. The number of ether oxygens (including phenoxy) is 1. The minimum atomic E-state index is -1.42. The van der Waals surface area contributed by atoms with Gasteiger partial charge in [-0.25, -0.2) is 0 Å². The van der Waals surface area contributed by atoms with E-state index in [0.29, 0.717) is 5.56 Å². The third-order valence-corrected chi connectivity index (χ3v) is 6.19. The number of nitro groups is 1. The van der Waals surface area contributed by atoms with E-state index in [1.165, 1.54) is 24.3 Å². The van der Waals surface area contributed by atoms with Crippen molar-refractivity contribution < 1.29 is 33.6 Å². The molecule has 0 aromatic heterocycles. The lowest BCUT2D eigenvalue weighted by molar-refractivity contribution is -0.384. The van der Waals surface area contributed by atoms with E-state index < -0.39 is 65.0 Å². The molecular weight excluding hydrogens is 510 g/mol. The van der Waals surface area contributed by atoms with Crippen LogP contribution in [0.4, 0.5) is 5.69 Å². The second-order valence-electron chi connectivity index (χ2n) is 8.93. The lowest BCUT2D eigenvalue weighted by Crippen LogP contribution is -2.63. The lowest BCUT2D eigenvalue weighted by Gasteiger charge is -2.30. The van der Waals surface area contributed by atoms with E-state index in [0.717, 1.165) is 5.56 Å². The Morgan fingerprint density at radius 3 is 2.23 bits per heavy atom. The van der Waals surface area contributed by atoms with Crippen LogP contribution in [0, 0.1) is 10.1 Å². The first kappa shape index (κ1) is 28.8. The number of nitro benzene ring substituents is 1. The molecule has 1 aliphatic rings. The molecule has 3 rings (SSSR count). The molecule has 0 radical (unpaired) electrons. The molecule has 0 aliphatic carbocycles. The number of non-ortho nitro benzene ring substituents is 1. The molecule has 0 spiro atoms. The van der Waals surface area contributed by atoms with Crippen LogP contribution in [0.1, 0.15) is 36.8 Å². The largest absolute Gasteiger partial charge is 0.466 e. The van der Waals surface area contributed by atoms with Crippen molar-refractivity contribution in [2.24, 2.45) is 5.73 Å². The average molecular weight is 540 g/mol. The second kappa shape index (κ2) is 13.1. The number of nitrogens with zero attached hydrogens (tertiary/aromatic N) is 1. The quantitative estimate of drug-likeness (QED) is 0.167. The van der Waals surface area contributed by atoms with Crippen LogP contribution < -0.4 is 21.7 Å². The first-order valence-electron chi connectivity index (χ1n) is 12.2. The predicted molar refractivity (Wildman–Crippen MR) is 137 cm³/mol. The van der Waals surface area contributed by atoms with Gasteiger partial charge in [-0.2, -0.15) is 0 Å². The first-order valence-corrected chi connectivity index (χ1v) is 12.2. The van der Waals surface area contributed by atoms with Crippen LogP contribution in [-0.2, 0) is 35.1 Å². The Kier molecular flexibility index (Phi) is 9.68. The highest BCUT2D eigenvalue weighted by Gasteiger charge is 2.37. The lowest BCUT2D eigenvalue weighted by atomic mass is 9.87. The Bertz CT molecular complexity index is 1230. The number of hydrogen-bond donors (Lipinski definition) is 4. The normalized spacial score (nSPS) is 18.2. The van der Waals surface area contributed by atoms with Crippen LogP contribution in [0.3, 0.4) is 0 Å². The Morgan fingerprint density at radius 2 is 1.64 bits per heavy atom. The SMILES string of the molecule is CCOC(=O)C[C@@H](c1ccc([N+](=O)[O-])cc1)[C@@H](NC(=O)C[C@@H]1NC(=O)[C@H](Cc2ccccc2)NC1=O)C(N)=O. The zero-order chi connectivity index (χ0) is 28.5. The molecule has 4 amide bonds.